The van der Waals surface area contributed by atoms with Crippen LogP contribution in [0, 0.1) is 11.8 Å². The van der Waals surface area contributed by atoms with Gasteiger partial charge in [-0.1, -0.05) is 56.0 Å². The van der Waals surface area contributed by atoms with Crippen molar-refractivity contribution in [3.8, 4) is 11.5 Å². The summed E-state index contributed by atoms with van der Waals surface area (Å²) in [7, 11) is -3.69. The van der Waals surface area contributed by atoms with Crippen molar-refractivity contribution in [1.82, 2.24) is 14.5 Å². The number of carbonyl (C=O) groups is 1. The topological polar surface area (TPSA) is 105 Å². The summed E-state index contributed by atoms with van der Waals surface area (Å²) in [5.41, 5.74) is 0.669. The molecule has 0 saturated carbocycles. The molecule has 1 aromatic heterocycles. The molecule has 0 aliphatic heterocycles. The second-order valence-corrected chi connectivity index (χ2v) is 11.4. The van der Waals surface area contributed by atoms with Gasteiger partial charge in [-0.25, -0.2) is 8.42 Å². The van der Waals surface area contributed by atoms with E-state index in [1.807, 2.05) is 27.7 Å². The predicted octanol–water partition coefficient (Wildman–Crippen LogP) is 5.60. The van der Waals surface area contributed by atoms with Gasteiger partial charge >= 0.3 is 6.01 Å². The van der Waals surface area contributed by atoms with Gasteiger partial charge in [0.2, 0.25) is 10.0 Å². The molecule has 3 rings (SSSR count). The first kappa shape index (κ1) is 26.2. The Kier molecular flexibility index (Phi) is 8.35. The van der Waals surface area contributed by atoms with Crippen molar-refractivity contribution in [2.45, 2.75) is 32.6 Å². The van der Waals surface area contributed by atoms with Crippen molar-refractivity contribution in [2.75, 3.05) is 18.4 Å². The first-order valence-electron chi connectivity index (χ1n) is 10.7. The highest BCUT2D eigenvalue weighted by molar-refractivity contribution is 7.89. The van der Waals surface area contributed by atoms with E-state index in [1.165, 1.54) is 28.6 Å². The average Bonchev–Trinajstić information content (AvgIpc) is 3.22. The van der Waals surface area contributed by atoms with Crippen molar-refractivity contribution in [1.29, 1.82) is 0 Å². The van der Waals surface area contributed by atoms with Crippen molar-refractivity contribution >= 4 is 45.1 Å². The van der Waals surface area contributed by atoms with Gasteiger partial charge in [-0.05, 0) is 54.3 Å². The third kappa shape index (κ3) is 6.35. The van der Waals surface area contributed by atoms with E-state index in [0.717, 1.165) is 0 Å². The van der Waals surface area contributed by atoms with E-state index in [4.69, 9.17) is 27.6 Å². The number of carbonyl (C=O) groups excluding carboxylic acids is 1. The molecular formula is C23H26Cl2N4O4S. The number of nitrogens with zero attached hydrogens (tertiary/aromatic N) is 3. The van der Waals surface area contributed by atoms with Crippen LogP contribution in [-0.2, 0) is 10.0 Å². The molecule has 2 aromatic carbocycles. The summed E-state index contributed by atoms with van der Waals surface area (Å²) >= 11 is 12.1. The van der Waals surface area contributed by atoms with E-state index >= 15 is 0 Å². The zero-order valence-corrected chi connectivity index (χ0v) is 21.6. The Bertz CT molecular complexity index is 1250. The van der Waals surface area contributed by atoms with Crippen molar-refractivity contribution in [2.24, 2.45) is 11.8 Å². The Balaban J connectivity index is 1.75. The van der Waals surface area contributed by atoms with Crippen LogP contribution in [0.2, 0.25) is 10.0 Å². The summed E-state index contributed by atoms with van der Waals surface area (Å²) in [4.78, 5) is 12.7. The highest BCUT2D eigenvalue weighted by atomic mass is 35.5. The molecule has 1 heterocycles. The van der Waals surface area contributed by atoms with E-state index < -0.39 is 15.9 Å². The van der Waals surface area contributed by atoms with Crippen LogP contribution in [-0.4, -0.2) is 41.9 Å². The molecular weight excluding hydrogens is 499 g/mol. The number of amides is 1. The fourth-order valence-electron chi connectivity index (χ4n) is 3.23. The molecule has 0 unspecified atom stereocenters. The summed E-state index contributed by atoms with van der Waals surface area (Å²) in [5.74, 6) is -0.0727. The fraction of sp³-hybridized carbons (Fsp3) is 0.348. The Morgan fingerprint density at radius 1 is 1.00 bits per heavy atom. The second kappa shape index (κ2) is 10.9. The summed E-state index contributed by atoms with van der Waals surface area (Å²) < 4.78 is 33.2. The van der Waals surface area contributed by atoms with Crippen LogP contribution in [0.1, 0.15) is 38.1 Å². The SMILES string of the molecule is CC(C)CN(CC(C)C)S(=O)(=O)c1ccc(C(=O)Nc2nnc(-c3cc(Cl)ccc3Cl)o2)cc1. The normalized spacial score (nSPS) is 12.0. The van der Waals surface area contributed by atoms with E-state index in [0.29, 0.717) is 28.7 Å². The zero-order chi connectivity index (χ0) is 25.0. The molecule has 0 fully saturated rings. The largest absolute Gasteiger partial charge is 0.403 e. The highest BCUT2D eigenvalue weighted by Gasteiger charge is 2.26. The number of hydrogen-bond donors (Lipinski definition) is 1. The Morgan fingerprint density at radius 2 is 1.62 bits per heavy atom. The lowest BCUT2D eigenvalue weighted by atomic mass is 10.2. The van der Waals surface area contributed by atoms with Crippen LogP contribution in [0.25, 0.3) is 11.5 Å². The predicted molar refractivity (Wildman–Crippen MR) is 133 cm³/mol. The van der Waals surface area contributed by atoms with Crippen LogP contribution >= 0.6 is 23.2 Å². The average molecular weight is 525 g/mol. The van der Waals surface area contributed by atoms with Gasteiger partial charge in [-0.2, -0.15) is 4.31 Å². The van der Waals surface area contributed by atoms with Gasteiger partial charge in [-0.15, -0.1) is 5.10 Å². The maximum Gasteiger partial charge on any atom is 0.322 e. The van der Waals surface area contributed by atoms with Gasteiger partial charge in [-0.3, -0.25) is 10.1 Å². The summed E-state index contributed by atoms with van der Waals surface area (Å²) in [6.45, 7) is 8.72. The van der Waals surface area contributed by atoms with Crippen LogP contribution in [0.5, 0.6) is 0 Å². The van der Waals surface area contributed by atoms with Crippen LogP contribution < -0.4 is 5.32 Å². The third-order valence-electron chi connectivity index (χ3n) is 4.70. The lowest BCUT2D eigenvalue weighted by molar-refractivity contribution is 0.102. The van der Waals surface area contributed by atoms with Crippen LogP contribution in [0.4, 0.5) is 6.01 Å². The van der Waals surface area contributed by atoms with Gasteiger partial charge in [0, 0.05) is 23.7 Å². The molecule has 11 heteroatoms. The van der Waals surface area contributed by atoms with E-state index in [2.05, 4.69) is 15.5 Å². The quantitative estimate of drug-likeness (QED) is 0.390. The lowest BCUT2D eigenvalue weighted by Gasteiger charge is -2.25. The number of benzene rings is 2. The summed E-state index contributed by atoms with van der Waals surface area (Å²) in [6, 6.07) is 10.4. The first-order valence-corrected chi connectivity index (χ1v) is 12.9. The lowest BCUT2D eigenvalue weighted by Crippen LogP contribution is -2.37. The molecule has 0 atom stereocenters. The third-order valence-corrected chi connectivity index (χ3v) is 7.11. The number of sulfonamides is 1. The number of hydrogen-bond acceptors (Lipinski definition) is 6. The van der Waals surface area contributed by atoms with Gasteiger partial charge in [0.15, 0.2) is 0 Å². The minimum absolute atomic E-state index is 0.0969. The standard InChI is InChI=1S/C23H26Cl2N4O4S/c1-14(2)12-29(13-15(3)4)34(31,32)18-8-5-16(6-9-18)21(30)26-23-28-27-22(33-23)19-11-17(24)7-10-20(19)25/h5-11,14-15H,12-13H2,1-4H3,(H,26,28,30). The van der Waals surface area contributed by atoms with Crippen molar-refractivity contribution in [3.63, 3.8) is 0 Å². The Labute approximate surface area is 209 Å². The maximum absolute atomic E-state index is 13.1. The number of nitrogens with one attached hydrogen (secondary N) is 1. The number of rotatable bonds is 9. The number of anilines is 1. The molecule has 0 aliphatic carbocycles. The molecule has 0 spiro atoms. The maximum atomic E-state index is 13.1. The molecule has 1 N–H and O–H groups in total. The van der Waals surface area contributed by atoms with Crippen molar-refractivity contribution < 1.29 is 17.6 Å². The molecule has 182 valence electrons. The van der Waals surface area contributed by atoms with E-state index in [-0.39, 0.29) is 34.2 Å². The molecule has 0 bridgehead atoms. The van der Waals surface area contributed by atoms with E-state index in [1.54, 1.807) is 18.2 Å². The zero-order valence-electron chi connectivity index (χ0n) is 19.2. The first-order chi connectivity index (χ1) is 16.0. The van der Waals surface area contributed by atoms with Crippen molar-refractivity contribution in [3.05, 3.63) is 58.1 Å². The molecule has 0 saturated heterocycles. The van der Waals surface area contributed by atoms with Gasteiger partial charge < -0.3 is 4.42 Å². The molecule has 1 amide bonds. The van der Waals surface area contributed by atoms with Gasteiger partial charge in [0.25, 0.3) is 11.8 Å². The molecule has 0 radical (unpaired) electrons. The smallest absolute Gasteiger partial charge is 0.322 e. The number of halogens is 2. The number of aromatic nitrogens is 2. The van der Waals surface area contributed by atoms with Crippen LogP contribution in [0.3, 0.4) is 0 Å². The second-order valence-electron chi connectivity index (χ2n) is 8.62. The fourth-order valence-corrected chi connectivity index (χ4v) is 5.36. The Hall–Kier alpha value is -2.46. The van der Waals surface area contributed by atoms with Gasteiger partial charge in [0.1, 0.15) is 0 Å². The molecule has 34 heavy (non-hydrogen) atoms. The monoisotopic (exact) mass is 524 g/mol. The van der Waals surface area contributed by atoms with Gasteiger partial charge in [0.05, 0.1) is 15.5 Å². The van der Waals surface area contributed by atoms with E-state index in [9.17, 15) is 13.2 Å². The highest BCUT2D eigenvalue weighted by Crippen LogP contribution is 2.30. The Morgan fingerprint density at radius 3 is 2.21 bits per heavy atom. The minimum Gasteiger partial charge on any atom is -0.403 e. The van der Waals surface area contributed by atoms with Crippen LogP contribution in [0.15, 0.2) is 51.8 Å². The minimum atomic E-state index is -3.69. The summed E-state index contributed by atoms with van der Waals surface area (Å²) in [6.07, 6.45) is 0. The molecule has 3 aromatic rings. The molecule has 0 aliphatic rings. The summed E-state index contributed by atoms with van der Waals surface area (Å²) in [5, 5.41) is 11.0. The molecule has 8 nitrogen and oxygen atoms in total.